The first kappa shape index (κ1) is 10.4. The van der Waals surface area contributed by atoms with E-state index >= 15 is 0 Å². The van der Waals surface area contributed by atoms with Crippen LogP contribution in [-0.2, 0) is 0 Å². The van der Waals surface area contributed by atoms with Gasteiger partial charge in [0.05, 0.1) is 26.7 Å². The molecule has 2 heterocycles. The van der Waals surface area contributed by atoms with Gasteiger partial charge in [-0.3, -0.25) is 4.98 Å². The molecule has 0 saturated carbocycles. The SMILES string of the molecule is Nc1cc2oc(=O)[nH]c2cc1-n1cc(I)cn1. The number of anilines is 1. The summed E-state index contributed by atoms with van der Waals surface area (Å²) >= 11 is 2.16. The van der Waals surface area contributed by atoms with Crippen LogP contribution in [0.1, 0.15) is 0 Å². The van der Waals surface area contributed by atoms with Gasteiger partial charge >= 0.3 is 5.76 Å². The predicted molar refractivity (Wildman–Crippen MR) is 71.1 cm³/mol. The third kappa shape index (κ3) is 1.71. The summed E-state index contributed by atoms with van der Waals surface area (Å²) in [6.45, 7) is 0. The Morgan fingerprint density at radius 3 is 3.00 bits per heavy atom. The number of hydrogen-bond acceptors (Lipinski definition) is 4. The van der Waals surface area contributed by atoms with Crippen molar-refractivity contribution in [2.45, 2.75) is 0 Å². The van der Waals surface area contributed by atoms with Crippen molar-refractivity contribution < 1.29 is 4.42 Å². The molecule has 17 heavy (non-hydrogen) atoms. The highest BCUT2D eigenvalue weighted by Crippen LogP contribution is 2.23. The number of oxazole rings is 1. The topological polar surface area (TPSA) is 89.8 Å². The molecule has 3 N–H and O–H groups in total. The minimum atomic E-state index is -0.494. The molecule has 0 unspecified atom stereocenters. The van der Waals surface area contributed by atoms with E-state index < -0.39 is 5.76 Å². The molecule has 0 bridgehead atoms. The van der Waals surface area contributed by atoms with Crippen LogP contribution in [0.4, 0.5) is 5.69 Å². The van der Waals surface area contributed by atoms with Gasteiger partial charge in [0.1, 0.15) is 0 Å². The molecule has 7 heteroatoms. The lowest BCUT2D eigenvalue weighted by atomic mass is 10.2. The van der Waals surface area contributed by atoms with Gasteiger partial charge in [0, 0.05) is 12.3 Å². The maximum Gasteiger partial charge on any atom is 0.417 e. The number of nitrogen functional groups attached to an aromatic ring is 1. The highest BCUT2D eigenvalue weighted by atomic mass is 127. The first-order valence-corrected chi connectivity index (χ1v) is 5.84. The Kier molecular flexibility index (Phi) is 2.21. The fraction of sp³-hybridized carbons (Fsp3) is 0. The molecule has 0 aliphatic rings. The molecule has 0 aliphatic heterocycles. The van der Waals surface area contributed by atoms with E-state index in [4.69, 9.17) is 10.2 Å². The quantitative estimate of drug-likeness (QED) is 0.518. The lowest BCUT2D eigenvalue weighted by Gasteiger charge is -2.04. The van der Waals surface area contributed by atoms with Crippen LogP contribution in [0.3, 0.4) is 0 Å². The van der Waals surface area contributed by atoms with Crippen molar-refractivity contribution in [2.24, 2.45) is 0 Å². The summed E-state index contributed by atoms with van der Waals surface area (Å²) < 4.78 is 7.58. The van der Waals surface area contributed by atoms with E-state index in [1.54, 1.807) is 23.0 Å². The number of aromatic nitrogens is 3. The highest BCUT2D eigenvalue weighted by Gasteiger charge is 2.09. The van der Waals surface area contributed by atoms with Gasteiger partial charge in [0.2, 0.25) is 0 Å². The molecule has 0 atom stereocenters. The summed E-state index contributed by atoms with van der Waals surface area (Å²) in [6.07, 6.45) is 3.57. The first-order valence-electron chi connectivity index (χ1n) is 4.76. The molecule has 0 fully saturated rings. The number of aromatic amines is 1. The molecule has 2 aromatic heterocycles. The lowest BCUT2D eigenvalue weighted by Crippen LogP contribution is -2.00. The Balaban J connectivity index is 2.29. The Hall–Kier alpha value is -1.77. The van der Waals surface area contributed by atoms with E-state index in [1.165, 1.54) is 0 Å². The second-order valence-electron chi connectivity index (χ2n) is 3.52. The largest absolute Gasteiger partial charge is 0.417 e. The monoisotopic (exact) mass is 342 g/mol. The third-order valence-corrected chi connectivity index (χ3v) is 2.92. The third-order valence-electron chi connectivity index (χ3n) is 2.37. The van der Waals surface area contributed by atoms with E-state index in [0.29, 0.717) is 22.5 Å². The van der Waals surface area contributed by atoms with Gasteiger partial charge in [-0.15, -0.1) is 0 Å². The second-order valence-corrected chi connectivity index (χ2v) is 4.77. The van der Waals surface area contributed by atoms with Crippen LogP contribution in [0.5, 0.6) is 0 Å². The van der Waals surface area contributed by atoms with Crippen molar-refractivity contribution in [2.75, 3.05) is 5.73 Å². The van der Waals surface area contributed by atoms with Crippen LogP contribution in [-0.4, -0.2) is 14.8 Å². The maximum atomic E-state index is 11.1. The number of hydrogen-bond donors (Lipinski definition) is 2. The predicted octanol–water partition coefficient (Wildman–Crippen LogP) is 1.49. The second kappa shape index (κ2) is 3.62. The number of H-pyrrole nitrogens is 1. The van der Waals surface area contributed by atoms with Crippen molar-refractivity contribution in [1.82, 2.24) is 14.8 Å². The van der Waals surface area contributed by atoms with Gasteiger partial charge in [-0.2, -0.15) is 5.10 Å². The van der Waals surface area contributed by atoms with Gasteiger partial charge in [-0.25, -0.2) is 9.48 Å². The summed E-state index contributed by atoms with van der Waals surface area (Å²) in [5.74, 6) is -0.494. The molecule has 86 valence electrons. The van der Waals surface area contributed by atoms with Crippen LogP contribution in [0.25, 0.3) is 16.8 Å². The van der Waals surface area contributed by atoms with Crippen molar-refractivity contribution in [1.29, 1.82) is 0 Å². The van der Waals surface area contributed by atoms with Gasteiger partial charge < -0.3 is 10.2 Å². The Bertz CT molecular complexity index is 755. The van der Waals surface area contributed by atoms with Gasteiger partial charge in [0.15, 0.2) is 5.58 Å². The number of nitrogens with two attached hydrogens (primary N) is 1. The summed E-state index contributed by atoms with van der Waals surface area (Å²) in [4.78, 5) is 13.6. The fourth-order valence-electron chi connectivity index (χ4n) is 1.63. The van der Waals surface area contributed by atoms with Crippen LogP contribution < -0.4 is 11.5 Å². The van der Waals surface area contributed by atoms with E-state index in [0.717, 1.165) is 3.57 Å². The molecule has 3 rings (SSSR count). The van der Waals surface area contributed by atoms with Crippen LogP contribution in [0.2, 0.25) is 0 Å². The Morgan fingerprint density at radius 1 is 1.47 bits per heavy atom. The summed E-state index contributed by atoms with van der Waals surface area (Å²) in [5.41, 5.74) is 8.15. The van der Waals surface area contributed by atoms with E-state index in [-0.39, 0.29) is 0 Å². The number of nitrogens with zero attached hydrogens (tertiary/aromatic N) is 2. The van der Waals surface area contributed by atoms with Crippen molar-refractivity contribution in [3.05, 3.63) is 38.6 Å². The van der Waals surface area contributed by atoms with Crippen LogP contribution in [0, 0.1) is 3.57 Å². The summed E-state index contributed by atoms with van der Waals surface area (Å²) in [6, 6.07) is 3.34. The molecule has 3 aromatic rings. The lowest BCUT2D eigenvalue weighted by molar-refractivity contribution is 0.555. The molecule has 1 aromatic carbocycles. The van der Waals surface area contributed by atoms with Crippen molar-refractivity contribution in [3.63, 3.8) is 0 Å². The fourth-order valence-corrected chi connectivity index (χ4v) is 2.02. The number of rotatable bonds is 1. The molecule has 0 amide bonds. The standard InChI is InChI=1S/C10H7IN4O2/c11-5-3-13-15(4-5)8-2-7-9(1-6(8)12)17-10(16)14-7/h1-4H,12H2,(H,14,16). The average molecular weight is 342 g/mol. The van der Waals surface area contributed by atoms with Gasteiger partial charge in [-0.05, 0) is 28.7 Å². The molecular formula is C10H7IN4O2. The number of halogens is 1. The zero-order valence-corrected chi connectivity index (χ0v) is 10.6. The summed E-state index contributed by atoms with van der Waals surface area (Å²) in [7, 11) is 0. The van der Waals surface area contributed by atoms with Crippen LogP contribution in [0.15, 0.2) is 33.7 Å². The minimum absolute atomic E-state index is 0.443. The minimum Gasteiger partial charge on any atom is -0.408 e. The zero-order valence-electron chi connectivity index (χ0n) is 8.48. The zero-order chi connectivity index (χ0) is 12.0. The Labute approximate surface area is 109 Å². The first-order chi connectivity index (χ1) is 8.13. The summed E-state index contributed by atoms with van der Waals surface area (Å²) in [5, 5.41) is 4.17. The van der Waals surface area contributed by atoms with Crippen molar-refractivity contribution in [3.8, 4) is 5.69 Å². The van der Waals surface area contributed by atoms with E-state index in [2.05, 4.69) is 32.7 Å². The van der Waals surface area contributed by atoms with Gasteiger partial charge in [-0.1, -0.05) is 0 Å². The number of nitrogens with one attached hydrogen (secondary N) is 1. The maximum absolute atomic E-state index is 11.1. The molecular weight excluding hydrogens is 335 g/mol. The highest BCUT2D eigenvalue weighted by molar-refractivity contribution is 14.1. The van der Waals surface area contributed by atoms with E-state index in [1.807, 2.05) is 6.20 Å². The molecule has 0 saturated heterocycles. The molecule has 0 spiro atoms. The molecule has 6 nitrogen and oxygen atoms in total. The molecule has 0 aliphatic carbocycles. The average Bonchev–Trinajstić information content (AvgIpc) is 2.82. The molecule has 0 radical (unpaired) electrons. The number of fused-ring (bicyclic) bond motifs is 1. The van der Waals surface area contributed by atoms with Crippen LogP contribution >= 0.6 is 22.6 Å². The Morgan fingerprint density at radius 2 is 2.29 bits per heavy atom. The van der Waals surface area contributed by atoms with Crippen molar-refractivity contribution >= 4 is 39.4 Å². The smallest absolute Gasteiger partial charge is 0.408 e. The van der Waals surface area contributed by atoms with E-state index in [9.17, 15) is 4.79 Å². The number of benzene rings is 1. The normalized spacial score (nSPS) is 11.1. The van der Waals surface area contributed by atoms with Gasteiger partial charge in [0.25, 0.3) is 0 Å².